The van der Waals surface area contributed by atoms with Crippen molar-refractivity contribution in [2.24, 2.45) is 0 Å². The normalized spacial score (nSPS) is 10.1. The van der Waals surface area contributed by atoms with Gasteiger partial charge < -0.3 is 10.1 Å². The molecule has 0 aliphatic carbocycles. The van der Waals surface area contributed by atoms with Crippen LogP contribution >= 0.6 is 0 Å². The molecule has 0 aliphatic rings. The van der Waals surface area contributed by atoms with Crippen molar-refractivity contribution in [2.45, 2.75) is 19.8 Å². The van der Waals surface area contributed by atoms with Gasteiger partial charge in [-0.1, -0.05) is 13.3 Å². The number of halogens is 2. The number of ether oxygens (including phenoxy) is 1. The number of carbonyl (C=O) groups is 1. The van der Waals surface area contributed by atoms with Gasteiger partial charge >= 0.3 is 5.97 Å². The van der Waals surface area contributed by atoms with Gasteiger partial charge in [0.05, 0.1) is 12.3 Å². The van der Waals surface area contributed by atoms with Crippen molar-refractivity contribution in [1.29, 1.82) is 0 Å². The molecule has 0 unspecified atom stereocenters. The van der Waals surface area contributed by atoms with Crippen molar-refractivity contribution in [3.63, 3.8) is 0 Å². The van der Waals surface area contributed by atoms with Crippen molar-refractivity contribution >= 4 is 11.7 Å². The number of unbranched alkanes of at least 4 members (excludes halogenated alkanes) is 1. The van der Waals surface area contributed by atoms with Gasteiger partial charge in [-0.2, -0.15) is 0 Å². The molecule has 17 heavy (non-hydrogen) atoms. The highest BCUT2D eigenvalue weighted by Gasteiger charge is 2.06. The van der Waals surface area contributed by atoms with Gasteiger partial charge in [0.1, 0.15) is 18.2 Å². The van der Waals surface area contributed by atoms with Crippen molar-refractivity contribution in [1.82, 2.24) is 0 Å². The summed E-state index contributed by atoms with van der Waals surface area (Å²) in [4.78, 5) is 11.2. The Morgan fingerprint density at radius 3 is 2.88 bits per heavy atom. The highest BCUT2D eigenvalue weighted by molar-refractivity contribution is 5.75. The lowest BCUT2D eigenvalue weighted by atomic mass is 10.3. The molecule has 0 aliphatic heterocycles. The second-order valence-corrected chi connectivity index (χ2v) is 3.55. The Morgan fingerprint density at radius 2 is 2.18 bits per heavy atom. The Balaban J connectivity index is 2.39. The molecule has 1 aromatic carbocycles. The molecule has 0 fully saturated rings. The number of anilines is 1. The SMILES string of the molecule is CCCCOC(=O)CNc1cc(F)ccc1F. The standard InChI is InChI=1S/C12H15F2NO2/c1-2-3-6-17-12(16)8-15-11-7-9(13)4-5-10(11)14/h4-5,7,15H,2-3,6,8H2,1H3. The van der Waals surface area contributed by atoms with Crippen LogP contribution in [0.15, 0.2) is 18.2 Å². The summed E-state index contributed by atoms with van der Waals surface area (Å²) in [5, 5.41) is 2.49. The second-order valence-electron chi connectivity index (χ2n) is 3.55. The first kappa shape index (κ1) is 13.4. The van der Waals surface area contributed by atoms with E-state index in [1.165, 1.54) is 0 Å². The van der Waals surface area contributed by atoms with Gasteiger partial charge in [0.15, 0.2) is 0 Å². The van der Waals surface area contributed by atoms with Gasteiger partial charge in [-0.3, -0.25) is 4.79 Å². The number of esters is 1. The van der Waals surface area contributed by atoms with E-state index in [0.717, 1.165) is 31.0 Å². The summed E-state index contributed by atoms with van der Waals surface area (Å²) in [7, 11) is 0. The first-order valence-electron chi connectivity index (χ1n) is 5.48. The molecule has 0 amide bonds. The van der Waals surface area contributed by atoms with E-state index < -0.39 is 17.6 Å². The topological polar surface area (TPSA) is 38.3 Å². The summed E-state index contributed by atoms with van der Waals surface area (Å²) >= 11 is 0. The molecule has 0 radical (unpaired) electrons. The minimum Gasteiger partial charge on any atom is -0.464 e. The van der Waals surface area contributed by atoms with Crippen LogP contribution in [-0.2, 0) is 9.53 Å². The van der Waals surface area contributed by atoms with E-state index in [1.54, 1.807) is 0 Å². The first-order chi connectivity index (χ1) is 8.13. The maximum absolute atomic E-state index is 13.1. The van der Waals surface area contributed by atoms with E-state index in [9.17, 15) is 13.6 Å². The van der Waals surface area contributed by atoms with Crippen LogP contribution < -0.4 is 5.32 Å². The highest BCUT2D eigenvalue weighted by Crippen LogP contribution is 2.14. The van der Waals surface area contributed by atoms with Crippen LogP contribution in [0.4, 0.5) is 14.5 Å². The molecule has 0 bridgehead atoms. The Bertz CT molecular complexity index is 383. The van der Waals surface area contributed by atoms with Gasteiger partial charge in [-0.25, -0.2) is 8.78 Å². The largest absolute Gasteiger partial charge is 0.464 e. The predicted molar refractivity (Wildman–Crippen MR) is 60.7 cm³/mol. The number of rotatable bonds is 6. The van der Waals surface area contributed by atoms with Crippen molar-refractivity contribution in [3.05, 3.63) is 29.8 Å². The molecule has 0 heterocycles. The summed E-state index contributed by atoms with van der Waals surface area (Å²) < 4.78 is 30.8. The minimum atomic E-state index is -0.604. The molecule has 94 valence electrons. The monoisotopic (exact) mass is 243 g/mol. The highest BCUT2D eigenvalue weighted by atomic mass is 19.1. The lowest BCUT2D eigenvalue weighted by Crippen LogP contribution is -2.18. The zero-order chi connectivity index (χ0) is 12.7. The molecule has 0 aromatic heterocycles. The number of benzene rings is 1. The number of hydrogen-bond donors (Lipinski definition) is 1. The fraction of sp³-hybridized carbons (Fsp3) is 0.417. The van der Waals surface area contributed by atoms with Gasteiger partial charge in [0.25, 0.3) is 0 Å². The maximum Gasteiger partial charge on any atom is 0.325 e. The Hall–Kier alpha value is -1.65. The lowest BCUT2D eigenvalue weighted by molar-refractivity contribution is -0.141. The summed E-state index contributed by atoms with van der Waals surface area (Å²) in [5.74, 6) is -1.65. The summed E-state index contributed by atoms with van der Waals surface area (Å²) in [5.41, 5.74) is -0.0440. The molecule has 0 spiro atoms. The molecular weight excluding hydrogens is 228 g/mol. The molecule has 0 atom stereocenters. The van der Waals surface area contributed by atoms with E-state index >= 15 is 0 Å². The van der Waals surface area contributed by atoms with Crippen molar-refractivity contribution < 1.29 is 18.3 Å². The van der Waals surface area contributed by atoms with Crippen LogP contribution in [0.2, 0.25) is 0 Å². The molecule has 1 rings (SSSR count). The Labute approximate surface area is 98.8 Å². The first-order valence-corrected chi connectivity index (χ1v) is 5.48. The Morgan fingerprint density at radius 1 is 1.41 bits per heavy atom. The van der Waals surface area contributed by atoms with E-state index in [1.807, 2.05) is 6.92 Å². The third kappa shape index (κ3) is 4.80. The summed E-state index contributed by atoms with van der Waals surface area (Å²) in [6.07, 6.45) is 1.72. The zero-order valence-electron chi connectivity index (χ0n) is 9.63. The predicted octanol–water partition coefficient (Wildman–Crippen LogP) is 2.72. The van der Waals surface area contributed by atoms with Crippen LogP contribution in [0.5, 0.6) is 0 Å². The molecule has 0 saturated carbocycles. The van der Waals surface area contributed by atoms with Crippen LogP contribution in [0, 0.1) is 11.6 Å². The third-order valence-electron chi connectivity index (χ3n) is 2.11. The average Bonchev–Trinajstić information content (AvgIpc) is 2.31. The fourth-order valence-corrected chi connectivity index (χ4v) is 1.18. The van der Waals surface area contributed by atoms with Crippen LogP contribution in [0.1, 0.15) is 19.8 Å². The fourth-order valence-electron chi connectivity index (χ4n) is 1.18. The van der Waals surface area contributed by atoms with Crippen molar-refractivity contribution in [3.8, 4) is 0 Å². The van der Waals surface area contributed by atoms with Crippen LogP contribution in [0.3, 0.4) is 0 Å². The minimum absolute atomic E-state index is 0.0440. The van der Waals surface area contributed by atoms with Crippen molar-refractivity contribution in [2.75, 3.05) is 18.5 Å². The smallest absolute Gasteiger partial charge is 0.325 e. The van der Waals surface area contributed by atoms with E-state index in [0.29, 0.717) is 6.61 Å². The zero-order valence-corrected chi connectivity index (χ0v) is 9.63. The lowest BCUT2D eigenvalue weighted by Gasteiger charge is -2.07. The molecule has 0 saturated heterocycles. The van der Waals surface area contributed by atoms with Crippen LogP contribution in [0.25, 0.3) is 0 Å². The van der Waals surface area contributed by atoms with Gasteiger partial charge in [-0.05, 0) is 24.6 Å². The van der Waals surface area contributed by atoms with Crippen LogP contribution in [-0.4, -0.2) is 19.1 Å². The quantitative estimate of drug-likeness (QED) is 0.616. The van der Waals surface area contributed by atoms with Gasteiger partial charge in [-0.15, -0.1) is 0 Å². The molecule has 3 nitrogen and oxygen atoms in total. The second kappa shape index (κ2) is 6.83. The molecule has 1 N–H and O–H groups in total. The van der Waals surface area contributed by atoms with Gasteiger partial charge in [0, 0.05) is 0 Å². The van der Waals surface area contributed by atoms with Gasteiger partial charge in [0.2, 0.25) is 0 Å². The third-order valence-corrected chi connectivity index (χ3v) is 2.11. The maximum atomic E-state index is 13.1. The number of nitrogens with one attached hydrogen (secondary N) is 1. The molecule has 5 heteroatoms. The van der Waals surface area contributed by atoms with E-state index in [-0.39, 0.29) is 12.2 Å². The van der Waals surface area contributed by atoms with E-state index in [2.05, 4.69) is 5.32 Å². The Kier molecular flexibility index (Phi) is 5.39. The van der Waals surface area contributed by atoms with E-state index in [4.69, 9.17) is 4.74 Å². The molecular formula is C12H15F2NO2. The molecule has 1 aromatic rings. The summed E-state index contributed by atoms with van der Waals surface area (Å²) in [6.45, 7) is 2.15. The summed E-state index contributed by atoms with van der Waals surface area (Å²) in [6, 6.07) is 3.01. The number of carbonyl (C=O) groups excluding carboxylic acids is 1. The average molecular weight is 243 g/mol. The number of hydrogen-bond acceptors (Lipinski definition) is 3.